The van der Waals surface area contributed by atoms with E-state index in [0.717, 1.165) is 32.1 Å². The van der Waals surface area contributed by atoms with E-state index in [9.17, 15) is 9.90 Å². The van der Waals surface area contributed by atoms with Gasteiger partial charge in [-0.05, 0) is 19.3 Å². The first-order valence-electron chi connectivity index (χ1n) is 10.0. The van der Waals surface area contributed by atoms with Crippen molar-refractivity contribution in [2.24, 2.45) is 5.92 Å². The number of hydrogen-bond acceptors (Lipinski definition) is 1. The summed E-state index contributed by atoms with van der Waals surface area (Å²) in [5, 5.41) is 19.3. The lowest BCUT2D eigenvalue weighted by molar-refractivity contribution is -0.142. The van der Waals surface area contributed by atoms with Crippen LogP contribution in [0.15, 0.2) is 0 Å². The van der Waals surface area contributed by atoms with Gasteiger partial charge >= 0.3 is 5.97 Å². The minimum absolute atomic E-state index is 0.0960. The molecule has 0 saturated heterocycles. The minimum atomic E-state index is -0.627. The molecule has 3 nitrogen and oxygen atoms in total. The molecule has 1 atom stereocenters. The first kappa shape index (κ1) is 22.4. The van der Waals surface area contributed by atoms with Crippen LogP contribution in [0.4, 0.5) is 0 Å². The quantitative estimate of drug-likeness (QED) is 0.297. The first-order valence-corrected chi connectivity index (χ1v) is 10.0. The van der Waals surface area contributed by atoms with E-state index in [1.54, 1.807) is 0 Å². The maximum atomic E-state index is 10.9. The molecule has 1 radical (unpaired) electrons. The van der Waals surface area contributed by atoms with Crippen molar-refractivity contribution in [3.05, 3.63) is 0 Å². The summed E-state index contributed by atoms with van der Waals surface area (Å²) in [5.74, 6) is -0.756. The van der Waals surface area contributed by atoms with Gasteiger partial charge < -0.3 is 5.11 Å². The molecular formula is C20H39O3. The van der Waals surface area contributed by atoms with E-state index in [2.05, 4.69) is 0 Å². The van der Waals surface area contributed by atoms with Crippen molar-refractivity contribution < 1.29 is 15.0 Å². The van der Waals surface area contributed by atoms with Crippen LogP contribution in [0.25, 0.3) is 0 Å². The average Bonchev–Trinajstić information content (AvgIpc) is 2.54. The molecule has 0 bridgehead atoms. The fraction of sp³-hybridized carbons (Fsp3) is 0.950. The number of carbonyl (C=O) groups is 1. The lowest BCUT2D eigenvalue weighted by Crippen LogP contribution is -2.12. The molecule has 1 N–H and O–H groups in total. The molecule has 0 spiro atoms. The maximum Gasteiger partial charge on any atom is 0.306 e. The van der Waals surface area contributed by atoms with Gasteiger partial charge in [0.1, 0.15) is 0 Å². The molecule has 0 aromatic carbocycles. The van der Waals surface area contributed by atoms with Crippen molar-refractivity contribution in [1.82, 2.24) is 0 Å². The van der Waals surface area contributed by atoms with Crippen molar-refractivity contribution in [1.29, 1.82) is 0 Å². The molecule has 23 heavy (non-hydrogen) atoms. The Morgan fingerprint density at radius 3 is 1.35 bits per heavy atom. The zero-order valence-corrected chi connectivity index (χ0v) is 15.4. The van der Waals surface area contributed by atoms with Crippen LogP contribution < -0.4 is 0 Å². The van der Waals surface area contributed by atoms with Crippen molar-refractivity contribution in [3.8, 4) is 0 Å². The lowest BCUT2D eigenvalue weighted by atomic mass is 9.98. The second-order valence-electron chi connectivity index (χ2n) is 6.89. The summed E-state index contributed by atoms with van der Waals surface area (Å²) in [6, 6.07) is 0. The lowest BCUT2D eigenvalue weighted by Gasteiger charge is -2.08. The normalized spacial score (nSPS) is 12.4. The van der Waals surface area contributed by atoms with Crippen LogP contribution in [0.1, 0.15) is 110 Å². The van der Waals surface area contributed by atoms with Gasteiger partial charge in [-0.1, -0.05) is 90.4 Å². The number of carboxylic acid groups (broad SMARTS) is 1. The fourth-order valence-electron chi connectivity index (χ4n) is 3.12. The Kier molecular flexibility index (Phi) is 17.3. The van der Waals surface area contributed by atoms with Crippen LogP contribution in [0.5, 0.6) is 0 Å². The minimum Gasteiger partial charge on any atom is -0.481 e. The van der Waals surface area contributed by atoms with E-state index >= 15 is 0 Å². The SMILES string of the molecule is CCC(CCCCCCCCCCCCCCCC[O])C(=O)O. The number of unbranched alkanes of at least 4 members (excludes halogenated alkanes) is 13. The van der Waals surface area contributed by atoms with Crippen LogP contribution in [-0.2, 0) is 9.90 Å². The molecule has 3 heteroatoms. The molecular weight excluding hydrogens is 288 g/mol. The summed E-state index contributed by atoms with van der Waals surface area (Å²) in [4.78, 5) is 10.9. The van der Waals surface area contributed by atoms with Gasteiger partial charge in [0.05, 0.1) is 12.5 Å². The monoisotopic (exact) mass is 327 g/mol. The zero-order chi connectivity index (χ0) is 17.2. The highest BCUT2D eigenvalue weighted by atomic mass is 16.4. The standard InChI is InChI=1S/C20H39O3/c1-2-19(20(22)23)17-15-13-11-9-7-5-3-4-6-8-10-12-14-16-18-21/h19H,2-18H2,1H3,(H,22,23). The summed E-state index contributed by atoms with van der Waals surface area (Å²) in [7, 11) is 0. The Balaban J connectivity index is 3.12. The average molecular weight is 328 g/mol. The van der Waals surface area contributed by atoms with Gasteiger partial charge in [-0.15, -0.1) is 0 Å². The van der Waals surface area contributed by atoms with E-state index in [0.29, 0.717) is 0 Å². The fourth-order valence-corrected chi connectivity index (χ4v) is 3.12. The molecule has 0 amide bonds. The molecule has 0 aliphatic rings. The molecule has 0 aromatic rings. The molecule has 0 aliphatic carbocycles. The molecule has 0 aliphatic heterocycles. The summed E-state index contributed by atoms with van der Waals surface area (Å²) in [6.07, 6.45) is 19.0. The Morgan fingerprint density at radius 1 is 0.696 bits per heavy atom. The van der Waals surface area contributed by atoms with Crippen LogP contribution in [0.2, 0.25) is 0 Å². The Hall–Kier alpha value is -0.570. The van der Waals surface area contributed by atoms with Crippen LogP contribution >= 0.6 is 0 Å². The zero-order valence-electron chi connectivity index (χ0n) is 15.4. The highest BCUT2D eigenvalue weighted by molar-refractivity contribution is 5.69. The van der Waals surface area contributed by atoms with Crippen molar-refractivity contribution in [2.75, 3.05) is 6.61 Å². The number of hydrogen-bond donors (Lipinski definition) is 1. The van der Waals surface area contributed by atoms with Gasteiger partial charge in [-0.2, -0.15) is 0 Å². The Morgan fingerprint density at radius 2 is 1.04 bits per heavy atom. The highest BCUT2D eigenvalue weighted by Gasteiger charge is 2.13. The van der Waals surface area contributed by atoms with E-state index in [1.807, 2.05) is 6.92 Å². The molecule has 0 saturated carbocycles. The first-order chi connectivity index (χ1) is 11.2. The van der Waals surface area contributed by atoms with Crippen LogP contribution in [-0.4, -0.2) is 17.7 Å². The van der Waals surface area contributed by atoms with Crippen molar-refractivity contribution >= 4 is 5.97 Å². The molecule has 0 aromatic heterocycles. The summed E-state index contributed by atoms with van der Waals surface area (Å²) >= 11 is 0. The molecule has 0 rings (SSSR count). The molecule has 0 heterocycles. The van der Waals surface area contributed by atoms with Gasteiger partial charge in [0.2, 0.25) is 0 Å². The Bertz CT molecular complexity index is 253. The van der Waals surface area contributed by atoms with Crippen LogP contribution in [0.3, 0.4) is 0 Å². The second-order valence-corrected chi connectivity index (χ2v) is 6.89. The van der Waals surface area contributed by atoms with Gasteiger partial charge in [0.15, 0.2) is 0 Å². The third-order valence-corrected chi connectivity index (χ3v) is 4.79. The summed E-state index contributed by atoms with van der Waals surface area (Å²) in [6.45, 7) is 2.06. The number of carboxylic acids is 1. The third kappa shape index (κ3) is 16.1. The smallest absolute Gasteiger partial charge is 0.306 e. The van der Waals surface area contributed by atoms with Gasteiger partial charge in [-0.3, -0.25) is 4.79 Å². The summed E-state index contributed by atoms with van der Waals surface area (Å²) < 4.78 is 0. The number of aliphatic carboxylic acids is 1. The second kappa shape index (κ2) is 17.8. The molecule has 137 valence electrons. The van der Waals surface area contributed by atoms with Gasteiger partial charge in [0, 0.05) is 0 Å². The predicted octanol–water partition coefficient (Wildman–Crippen LogP) is 6.38. The molecule has 0 fully saturated rings. The van der Waals surface area contributed by atoms with E-state index in [4.69, 9.17) is 5.11 Å². The summed E-state index contributed by atoms with van der Waals surface area (Å²) in [5.41, 5.74) is 0. The maximum absolute atomic E-state index is 10.9. The van der Waals surface area contributed by atoms with Gasteiger partial charge in [0.25, 0.3) is 0 Å². The molecule has 1 unspecified atom stereocenters. The highest BCUT2D eigenvalue weighted by Crippen LogP contribution is 2.16. The number of rotatable bonds is 18. The van der Waals surface area contributed by atoms with E-state index in [-0.39, 0.29) is 12.5 Å². The van der Waals surface area contributed by atoms with E-state index < -0.39 is 5.97 Å². The van der Waals surface area contributed by atoms with Crippen molar-refractivity contribution in [3.63, 3.8) is 0 Å². The van der Waals surface area contributed by atoms with Crippen molar-refractivity contribution in [2.45, 2.75) is 110 Å². The largest absolute Gasteiger partial charge is 0.481 e. The predicted molar refractivity (Wildman–Crippen MR) is 96.2 cm³/mol. The van der Waals surface area contributed by atoms with Crippen LogP contribution in [0, 0.1) is 5.92 Å². The topological polar surface area (TPSA) is 57.2 Å². The van der Waals surface area contributed by atoms with E-state index in [1.165, 1.54) is 70.6 Å². The Labute approximate surface area is 143 Å². The van der Waals surface area contributed by atoms with Gasteiger partial charge in [-0.25, -0.2) is 5.11 Å². The third-order valence-electron chi connectivity index (χ3n) is 4.79.